The first-order valence-electron chi connectivity index (χ1n) is 6.48. The van der Waals surface area contributed by atoms with Gasteiger partial charge in [-0.15, -0.1) is 0 Å². The third-order valence-corrected chi connectivity index (χ3v) is 4.77. The molecule has 2 aromatic rings. The van der Waals surface area contributed by atoms with Gasteiger partial charge in [-0.25, -0.2) is 13.4 Å². The van der Waals surface area contributed by atoms with Crippen molar-refractivity contribution in [2.45, 2.75) is 17.4 Å². The minimum absolute atomic E-state index is 0.273. The first-order chi connectivity index (χ1) is 10.0. The van der Waals surface area contributed by atoms with E-state index < -0.39 is 15.9 Å². The Morgan fingerprint density at radius 3 is 2.90 bits per heavy atom. The number of hydrogen-bond acceptors (Lipinski definition) is 5. The van der Waals surface area contributed by atoms with Gasteiger partial charge >= 0.3 is 0 Å². The molecule has 1 aliphatic heterocycles. The van der Waals surface area contributed by atoms with E-state index in [1.54, 1.807) is 18.3 Å². The lowest BCUT2D eigenvalue weighted by Gasteiger charge is -2.24. The summed E-state index contributed by atoms with van der Waals surface area (Å²) in [6.45, 7) is 0.680. The van der Waals surface area contributed by atoms with Crippen LogP contribution in [0.15, 0.2) is 35.6 Å². The summed E-state index contributed by atoms with van der Waals surface area (Å²) in [6, 6.07) is 6.85. The van der Waals surface area contributed by atoms with Crippen molar-refractivity contribution >= 4 is 15.5 Å². The zero-order valence-electron chi connectivity index (χ0n) is 11.4. The van der Waals surface area contributed by atoms with Gasteiger partial charge in [-0.3, -0.25) is 0 Å². The molecule has 7 heteroatoms. The highest BCUT2D eigenvalue weighted by molar-refractivity contribution is 7.90. The number of aromatic nitrogens is 2. The molecule has 0 bridgehead atoms. The Labute approximate surface area is 123 Å². The molecule has 1 atom stereocenters. The summed E-state index contributed by atoms with van der Waals surface area (Å²) in [5.74, 6) is 0. The Kier molecular flexibility index (Phi) is 3.18. The van der Waals surface area contributed by atoms with E-state index in [1.165, 1.54) is 12.6 Å². The number of imidazole rings is 1. The molecule has 0 amide bonds. The highest BCUT2D eigenvalue weighted by Crippen LogP contribution is 2.35. The van der Waals surface area contributed by atoms with Crippen molar-refractivity contribution in [3.8, 4) is 6.07 Å². The van der Waals surface area contributed by atoms with Crippen LogP contribution in [0.2, 0.25) is 0 Å². The van der Waals surface area contributed by atoms with Crippen LogP contribution in [0.4, 0.5) is 5.69 Å². The molecule has 1 N–H and O–H groups in total. The van der Waals surface area contributed by atoms with E-state index in [1.807, 2.05) is 11.0 Å². The fraction of sp³-hybridized carbons (Fsp3) is 0.286. The van der Waals surface area contributed by atoms with E-state index in [4.69, 9.17) is 0 Å². The van der Waals surface area contributed by atoms with Gasteiger partial charge in [-0.2, -0.15) is 5.26 Å². The molecule has 2 heterocycles. The van der Waals surface area contributed by atoms with Gasteiger partial charge in [0.25, 0.3) is 0 Å². The number of aromatic amines is 1. The molecule has 0 fully saturated rings. The number of benzene rings is 1. The lowest BCUT2D eigenvalue weighted by Crippen LogP contribution is -2.26. The molecule has 0 spiro atoms. The van der Waals surface area contributed by atoms with Crippen molar-refractivity contribution in [2.75, 3.05) is 17.7 Å². The van der Waals surface area contributed by atoms with E-state index in [9.17, 15) is 13.7 Å². The van der Waals surface area contributed by atoms with Gasteiger partial charge in [0.1, 0.15) is 0 Å². The third-order valence-electron chi connectivity index (χ3n) is 3.66. The van der Waals surface area contributed by atoms with Crippen LogP contribution >= 0.6 is 0 Å². The number of nitriles is 1. The SMILES string of the molecule is CS(=O)(=O)c1ccc2c(c1)N(C(C#N)c1cnc[nH]1)CC2. The summed E-state index contributed by atoms with van der Waals surface area (Å²) in [4.78, 5) is 9.08. The van der Waals surface area contributed by atoms with Gasteiger partial charge in [0.05, 0.1) is 29.2 Å². The standard InChI is InChI=1S/C14H14N4O2S/c1-21(19,20)11-3-2-10-4-5-18(13(10)6-11)14(7-15)12-8-16-9-17-12/h2-3,6,8-9,14H,4-5H2,1H3,(H,16,17). The molecule has 3 rings (SSSR count). The molecule has 1 unspecified atom stereocenters. The van der Waals surface area contributed by atoms with Crippen LogP contribution in [-0.2, 0) is 16.3 Å². The number of sulfone groups is 1. The van der Waals surface area contributed by atoms with Crippen LogP contribution in [0.3, 0.4) is 0 Å². The average Bonchev–Trinajstić information content (AvgIpc) is 3.08. The van der Waals surface area contributed by atoms with Crippen molar-refractivity contribution in [3.05, 3.63) is 42.0 Å². The minimum Gasteiger partial charge on any atom is -0.350 e. The van der Waals surface area contributed by atoms with E-state index in [0.717, 1.165) is 17.7 Å². The van der Waals surface area contributed by atoms with E-state index in [2.05, 4.69) is 16.0 Å². The first-order valence-corrected chi connectivity index (χ1v) is 8.37. The second-order valence-corrected chi connectivity index (χ2v) is 7.06. The number of nitrogens with zero attached hydrogens (tertiary/aromatic N) is 3. The smallest absolute Gasteiger partial charge is 0.175 e. The molecule has 0 saturated heterocycles. The molecular weight excluding hydrogens is 288 g/mol. The zero-order valence-corrected chi connectivity index (χ0v) is 12.3. The monoisotopic (exact) mass is 302 g/mol. The fourth-order valence-electron chi connectivity index (χ4n) is 2.61. The first kappa shape index (κ1) is 13.6. The van der Waals surface area contributed by atoms with Crippen molar-refractivity contribution in [3.63, 3.8) is 0 Å². The van der Waals surface area contributed by atoms with E-state index in [-0.39, 0.29) is 4.90 Å². The molecule has 0 radical (unpaired) electrons. The Balaban J connectivity index is 2.05. The number of H-pyrrole nitrogens is 1. The summed E-state index contributed by atoms with van der Waals surface area (Å²) in [7, 11) is -3.26. The minimum atomic E-state index is -3.26. The van der Waals surface area contributed by atoms with Gasteiger partial charge in [-0.1, -0.05) is 6.07 Å². The number of rotatable bonds is 3. The second-order valence-electron chi connectivity index (χ2n) is 5.04. The average molecular weight is 302 g/mol. The number of hydrogen-bond donors (Lipinski definition) is 1. The fourth-order valence-corrected chi connectivity index (χ4v) is 3.25. The van der Waals surface area contributed by atoms with Gasteiger partial charge in [0.2, 0.25) is 0 Å². The van der Waals surface area contributed by atoms with E-state index in [0.29, 0.717) is 12.2 Å². The third kappa shape index (κ3) is 2.38. The largest absolute Gasteiger partial charge is 0.350 e. The van der Waals surface area contributed by atoms with Crippen LogP contribution < -0.4 is 4.90 Å². The number of anilines is 1. The molecule has 0 saturated carbocycles. The van der Waals surface area contributed by atoms with Gasteiger partial charge in [-0.05, 0) is 24.1 Å². The zero-order chi connectivity index (χ0) is 15.0. The van der Waals surface area contributed by atoms with Gasteiger partial charge in [0, 0.05) is 18.5 Å². The summed E-state index contributed by atoms with van der Waals surface area (Å²) in [5.41, 5.74) is 2.57. The maximum absolute atomic E-state index is 11.7. The molecule has 1 aliphatic rings. The summed E-state index contributed by atoms with van der Waals surface area (Å²) >= 11 is 0. The Bertz CT molecular complexity index is 806. The molecule has 6 nitrogen and oxygen atoms in total. The topological polar surface area (TPSA) is 89.8 Å². The normalized spacial score (nSPS) is 15.5. The predicted molar refractivity (Wildman–Crippen MR) is 77.5 cm³/mol. The highest BCUT2D eigenvalue weighted by atomic mass is 32.2. The van der Waals surface area contributed by atoms with Crippen molar-refractivity contribution in [1.29, 1.82) is 5.26 Å². The number of fused-ring (bicyclic) bond motifs is 1. The maximum Gasteiger partial charge on any atom is 0.175 e. The van der Waals surface area contributed by atoms with Crippen LogP contribution in [0.5, 0.6) is 0 Å². The van der Waals surface area contributed by atoms with Crippen LogP contribution in [0.25, 0.3) is 0 Å². The molecule has 0 aliphatic carbocycles. The highest BCUT2D eigenvalue weighted by Gasteiger charge is 2.29. The Hall–Kier alpha value is -2.33. The molecular formula is C14H14N4O2S. The van der Waals surface area contributed by atoms with Crippen LogP contribution in [0.1, 0.15) is 17.3 Å². The number of nitrogens with one attached hydrogen (secondary N) is 1. The summed E-state index contributed by atoms with van der Waals surface area (Å²) in [6.07, 6.45) is 5.13. The molecule has 108 valence electrons. The molecule has 1 aromatic heterocycles. The van der Waals surface area contributed by atoms with Gasteiger partial charge < -0.3 is 9.88 Å². The molecule has 21 heavy (non-hydrogen) atoms. The second kappa shape index (κ2) is 4.90. The van der Waals surface area contributed by atoms with Crippen molar-refractivity contribution in [1.82, 2.24) is 9.97 Å². The lowest BCUT2D eigenvalue weighted by atomic mass is 10.1. The van der Waals surface area contributed by atoms with Crippen LogP contribution in [-0.4, -0.2) is 31.2 Å². The van der Waals surface area contributed by atoms with E-state index >= 15 is 0 Å². The maximum atomic E-state index is 11.7. The van der Waals surface area contributed by atoms with Crippen LogP contribution in [0, 0.1) is 11.3 Å². The van der Waals surface area contributed by atoms with Crippen molar-refractivity contribution < 1.29 is 8.42 Å². The van der Waals surface area contributed by atoms with Gasteiger partial charge in [0.15, 0.2) is 15.9 Å². The quantitative estimate of drug-likeness (QED) is 0.926. The lowest BCUT2D eigenvalue weighted by molar-refractivity contribution is 0.602. The molecule has 1 aromatic carbocycles. The summed E-state index contributed by atoms with van der Waals surface area (Å²) < 4.78 is 23.4. The van der Waals surface area contributed by atoms with Crippen molar-refractivity contribution in [2.24, 2.45) is 0 Å². The Morgan fingerprint density at radius 1 is 1.48 bits per heavy atom. The summed E-state index contributed by atoms with van der Waals surface area (Å²) in [5, 5.41) is 9.46. The predicted octanol–water partition coefficient (Wildman–Crippen LogP) is 1.44. The Morgan fingerprint density at radius 2 is 2.29 bits per heavy atom.